The van der Waals surface area contributed by atoms with Crippen molar-refractivity contribution in [1.29, 1.82) is 0 Å². The number of aliphatic hydroxyl groups excluding tert-OH is 6. The van der Waals surface area contributed by atoms with Crippen LogP contribution in [0.25, 0.3) is 0 Å². The van der Waals surface area contributed by atoms with Crippen LogP contribution in [0.2, 0.25) is 0 Å². The van der Waals surface area contributed by atoms with Crippen molar-refractivity contribution in [2.75, 3.05) is 13.2 Å². The van der Waals surface area contributed by atoms with Crippen LogP contribution in [0.5, 0.6) is 0 Å². The van der Waals surface area contributed by atoms with E-state index >= 15 is 0 Å². The molecule has 12 aliphatic rings. The molecule has 2 saturated heterocycles. The Bertz CT molecular complexity index is 2640. The molecule has 2 heterocycles. The molecule has 14 nitrogen and oxygen atoms in total. The molecule has 31 atom stereocenters. The molecule has 0 aromatic carbocycles. The molecule has 0 aromatic heterocycles. The zero-order valence-corrected chi connectivity index (χ0v) is 57.8. The minimum Gasteiger partial charge on any atom is -0.481 e. The molecule has 0 bridgehead atoms. The molecule has 10 saturated carbocycles. The molecule has 12 rings (SSSR count). The second-order valence-electron chi connectivity index (χ2n) is 34.5. The summed E-state index contributed by atoms with van der Waals surface area (Å²) in [6.45, 7) is 39.2. The van der Waals surface area contributed by atoms with Gasteiger partial charge >= 0.3 is 11.9 Å². The Labute approximate surface area is 547 Å². The number of fused-ring (bicyclic) bond motifs is 14. The van der Waals surface area contributed by atoms with Gasteiger partial charge in [0.25, 0.3) is 0 Å². The van der Waals surface area contributed by atoms with Gasteiger partial charge < -0.3 is 59.8 Å². The average molecular weight is 1270 g/mol. The highest BCUT2D eigenvalue weighted by Crippen LogP contribution is 2.80. The van der Waals surface area contributed by atoms with E-state index < -0.39 is 89.6 Å². The van der Waals surface area contributed by atoms with E-state index in [0.29, 0.717) is 52.8 Å². The largest absolute Gasteiger partial charge is 0.481 e. The fraction of sp³-hybridized carbons (Fsp3) is 0.921. The molecule has 12 fully saturated rings. The molecule has 0 spiro atoms. The molecule has 14 heteroatoms. The molecule has 8 N–H and O–H groups in total. The molecule has 0 radical (unpaired) electrons. The second kappa shape index (κ2) is 25.1. The third-order valence-electron chi connectivity index (χ3n) is 32.0. The molecule has 7 unspecified atom stereocenters. The normalized spacial score (nSPS) is 54.9. The highest BCUT2D eigenvalue weighted by atomic mass is 16.8. The number of carboxylic acids is 2. The van der Waals surface area contributed by atoms with Crippen molar-refractivity contribution < 1.29 is 72.1 Å². The van der Waals surface area contributed by atoms with Crippen LogP contribution in [0.3, 0.4) is 0 Å². The quantitative estimate of drug-likeness (QED) is 0.0751. The standard InChI is InChI=1S/C41H66O12.C32H52O2.3CH4/c1-20(2)22-10-15-41(36(48)49)17-16-39(6)23(28(22)41)8-9-26-37(4)13-12-27(38(5,19-42)25(37)11-14-40(26,39)7)52-35-33(30(45)24(43)18-50-35)53-34-32(47)31(46)29(44)21(3)51-34;1-9-28(5)21(4)12-15-29(6)24(28)14-16-31(8)25(29)11-10-23-26-22(20(2)3)13-17-32(26,27(33)34)19-18-30(23,31)7;;;/h21-35,42-47H,1,8-19H2,2-7H3,(H,48,49);21-26H,2,9-19H2,1,3-8H3,(H,33,34);3*1H4/t21-,22-,23?,24-,25?,26?,27-,28+,29-,30-,31+,32+,33+,34-,35-,37-,38-,39+,40+,41-;21-,22-,23?,24?,25?,26?,28+,29-,30+,31+,32-;;;/m00.../s1/i;;2*1D;. The SMILES string of the molecule is C.C=C(C)[C@@H]1CC[C@]2(C(=O)O)CC[C@]3(C)C(CCC4[C@@]5(C)CC[C@H](C)[C@@](C)(CC)C5CC[C@]43C)C12.C=C(C)[C@@H]1CC[C@]2(C(=O)O)CC[C@]3(C)C(CCC4[C@@]5(C)CC[C@H](O[C@@H]6OC[C@H](O)[C@H](O)[C@H]6O[C@@H]6O[C@@H](C)[C@H](O)[C@@H](O)[C@H]6O)[C@@](C)(CO)C5CC[C@]43C)[C@@H]12.[2H]C.[2H]C. The number of carboxylic acid groups (broad SMARTS) is 2. The van der Waals surface area contributed by atoms with Gasteiger partial charge in [-0.25, -0.2) is 0 Å². The summed E-state index contributed by atoms with van der Waals surface area (Å²) in [5, 5.41) is 85.5. The summed E-state index contributed by atoms with van der Waals surface area (Å²) < 4.78 is 35.8. The van der Waals surface area contributed by atoms with Crippen LogP contribution in [-0.4, -0.2) is 127 Å². The maximum atomic E-state index is 13.0. The number of aliphatic carboxylic acids is 2. The summed E-state index contributed by atoms with van der Waals surface area (Å²) in [4.78, 5) is 25.9. The van der Waals surface area contributed by atoms with Gasteiger partial charge in [-0.15, -0.1) is 0 Å². The van der Waals surface area contributed by atoms with Gasteiger partial charge in [0, 0.05) is 8.16 Å². The number of hydrogen-bond donors (Lipinski definition) is 8. The highest BCUT2D eigenvalue weighted by molar-refractivity contribution is 5.77. The monoisotopic (exact) mass is 1270 g/mol. The zero-order valence-electron chi connectivity index (χ0n) is 59.8. The number of hydrogen-bond acceptors (Lipinski definition) is 12. The van der Waals surface area contributed by atoms with Gasteiger partial charge in [0.1, 0.15) is 36.6 Å². The lowest BCUT2D eigenvalue weighted by Gasteiger charge is -2.73. The van der Waals surface area contributed by atoms with Gasteiger partial charge in [0.15, 0.2) is 12.6 Å². The van der Waals surface area contributed by atoms with Crippen LogP contribution in [0.15, 0.2) is 24.3 Å². The van der Waals surface area contributed by atoms with E-state index in [0.717, 1.165) is 100 Å². The van der Waals surface area contributed by atoms with Crippen LogP contribution in [0.1, 0.15) is 250 Å². The molecule has 518 valence electrons. The fourth-order valence-corrected chi connectivity index (χ4v) is 26.3. The van der Waals surface area contributed by atoms with Crippen molar-refractivity contribution >= 4 is 11.9 Å². The Morgan fingerprint density at radius 1 is 0.533 bits per heavy atom. The minimum absolute atomic E-state index is 0. The van der Waals surface area contributed by atoms with Crippen molar-refractivity contribution in [2.45, 2.75) is 308 Å². The summed E-state index contributed by atoms with van der Waals surface area (Å²) in [5.74, 6) is 3.64. The number of aliphatic hydroxyl groups is 6. The lowest BCUT2D eigenvalue weighted by Crippen LogP contribution is -2.68. The fourth-order valence-electron chi connectivity index (χ4n) is 26.3. The average Bonchev–Trinajstić information content (AvgIpc) is 1.01. The summed E-state index contributed by atoms with van der Waals surface area (Å²) in [6, 6.07) is 0. The van der Waals surface area contributed by atoms with Crippen LogP contribution in [0, 0.1) is 119 Å². The van der Waals surface area contributed by atoms with Crippen molar-refractivity contribution in [2.24, 2.45) is 119 Å². The minimum atomic E-state index is -1.62. The first-order valence-electron chi connectivity index (χ1n) is 37.0. The Morgan fingerprint density at radius 3 is 1.44 bits per heavy atom. The van der Waals surface area contributed by atoms with E-state index in [1.807, 2.05) is 0 Å². The van der Waals surface area contributed by atoms with Gasteiger partial charge in [-0.05, 0) is 252 Å². The van der Waals surface area contributed by atoms with Crippen LogP contribution < -0.4 is 0 Å². The van der Waals surface area contributed by atoms with Crippen LogP contribution in [0.4, 0.5) is 0 Å². The Balaban J connectivity index is 0.000000241. The predicted octanol–water partition coefficient (Wildman–Crippen LogP) is 14.0. The van der Waals surface area contributed by atoms with E-state index in [1.165, 1.54) is 72.2 Å². The van der Waals surface area contributed by atoms with Crippen molar-refractivity contribution in [3.8, 4) is 0 Å². The van der Waals surface area contributed by atoms with E-state index in [-0.39, 0.29) is 66.0 Å². The Morgan fingerprint density at radius 2 is 1.00 bits per heavy atom. The van der Waals surface area contributed by atoms with Crippen molar-refractivity contribution in [1.82, 2.24) is 0 Å². The number of ether oxygens (including phenoxy) is 4. The Hall–Kier alpha value is -1.98. The Kier molecular flexibility index (Phi) is 19.8. The summed E-state index contributed by atoms with van der Waals surface area (Å²) >= 11 is 0. The summed E-state index contributed by atoms with van der Waals surface area (Å²) in [6.07, 6.45) is 9.34. The van der Waals surface area contributed by atoms with E-state index in [9.17, 15) is 50.4 Å². The predicted molar refractivity (Wildman–Crippen MR) is 352 cm³/mol. The molecular weight excluding hydrogens is 1140 g/mol. The third-order valence-corrected chi connectivity index (χ3v) is 32.0. The molecule has 10 aliphatic carbocycles. The van der Waals surface area contributed by atoms with Gasteiger partial charge in [-0.2, -0.15) is 0 Å². The first-order chi connectivity index (χ1) is 42.6. The number of allylic oxidation sites excluding steroid dienone is 2. The lowest BCUT2D eigenvalue weighted by molar-refractivity contribution is -0.366. The van der Waals surface area contributed by atoms with Gasteiger partial charge in [0.2, 0.25) is 0 Å². The third kappa shape index (κ3) is 10.2. The van der Waals surface area contributed by atoms with Crippen LogP contribution >= 0.6 is 0 Å². The van der Waals surface area contributed by atoms with Gasteiger partial charge in [0.05, 0.1) is 36.3 Å². The smallest absolute Gasteiger partial charge is 0.309 e. The molecule has 2 aliphatic heterocycles. The van der Waals surface area contributed by atoms with Gasteiger partial charge in [-0.3, -0.25) is 9.59 Å². The maximum absolute atomic E-state index is 13.0. The number of carbonyl (C=O) groups is 2. The van der Waals surface area contributed by atoms with Crippen molar-refractivity contribution in [3.05, 3.63) is 24.3 Å². The zero-order chi connectivity index (χ0) is 67.5. The summed E-state index contributed by atoms with van der Waals surface area (Å²) in [7, 11) is 2.50. The van der Waals surface area contributed by atoms with E-state index in [1.54, 1.807) is 0 Å². The molecule has 90 heavy (non-hydrogen) atoms. The lowest BCUT2D eigenvalue weighted by atomic mass is 9.31. The molecule has 0 aromatic rings. The summed E-state index contributed by atoms with van der Waals surface area (Å²) in [5.41, 5.74) is 1.81. The highest BCUT2D eigenvalue weighted by Gasteiger charge is 2.75. The van der Waals surface area contributed by atoms with Crippen molar-refractivity contribution in [3.63, 3.8) is 0 Å². The maximum Gasteiger partial charge on any atom is 0.309 e. The molecular formula is C76H130O14. The van der Waals surface area contributed by atoms with E-state index in [2.05, 4.69) is 96.2 Å². The second-order valence-corrected chi connectivity index (χ2v) is 34.5. The van der Waals surface area contributed by atoms with Crippen LogP contribution in [-0.2, 0) is 28.5 Å². The first kappa shape index (κ1) is 70.8. The first-order valence-corrected chi connectivity index (χ1v) is 35.0. The number of rotatable bonds is 10. The topological polar surface area (TPSA) is 233 Å². The molecule has 0 amide bonds. The van der Waals surface area contributed by atoms with E-state index in [4.69, 9.17) is 21.7 Å². The van der Waals surface area contributed by atoms with Gasteiger partial charge in [-0.1, -0.05) is 122 Å².